The van der Waals surface area contributed by atoms with E-state index in [0.29, 0.717) is 41.2 Å². The van der Waals surface area contributed by atoms with Crippen molar-refractivity contribution in [1.82, 2.24) is 25.2 Å². The number of halogens is 5. The van der Waals surface area contributed by atoms with Crippen LogP contribution in [0.25, 0.3) is 10.7 Å². The lowest BCUT2D eigenvalue weighted by atomic mass is 10.0. The van der Waals surface area contributed by atoms with Crippen molar-refractivity contribution in [1.29, 1.82) is 0 Å². The van der Waals surface area contributed by atoms with Crippen LogP contribution in [0.5, 0.6) is 0 Å². The van der Waals surface area contributed by atoms with E-state index < -0.39 is 40.7 Å². The van der Waals surface area contributed by atoms with Crippen LogP contribution in [-0.4, -0.2) is 45.3 Å². The minimum atomic E-state index is -4.93. The zero-order valence-electron chi connectivity index (χ0n) is 20.6. The van der Waals surface area contributed by atoms with Crippen LogP contribution >= 0.6 is 11.3 Å². The molecule has 0 bridgehead atoms. The van der Waals surface area contributed by atoms with Gasteiger partial charge in [-0.1, -0.05) is 0 Å². The van der Waals surface area contributed by atoms with Crippen molar-refractivity contribution in [2.45, 2.75) is 45.8 Å². The van der Waals surface area contributed by atoms with Gasteiger partial charge >= 0.3 is 6.18 Å². The standard InChI is InChI=1S/C24H24F5N5O2S/c1-6-34(5)22(36)17-11-31-21(37-17)19-18(30-10-12(2)32-19)13(3)33-20(35)14-7-15(23(4,25)26)9-16(8-14)24(27,28)29/h7-11,13H,6H2,1-5H3,(H,33,35). The first-order chi connectivity index (χ1) is 17.1. The van der Waals surface area contributed by atoms with Gasteiger partial charge in [-0.15, -0.1) is 11.3 Å². The molecule has 7 nitrogen and oxygen atoms in total. The molecular formula is C24H24F5N5O2S. The summed E-state index contributed by atoms with van der Waals surface area (Å²) in [7, 11) is 1.64. The summed E-state index contributed by atoms with van der Waals surface area (Å²) in [6.45, 7) is 5.97. The van der Waals surface area contributed by atoms with Gasteiger partial charge in [-0.05, 0) is 39.0 Å². The maximum Gasteiger partial charge on any atom is 0.416 e. The Balaban J connectivity index is 1.95. The molecule has 0 fully saturated rings. The van der Waals surface area contributed by atoms with Crippen molar-refractivity contribution in [3.63, 3.8) is 0 Å². The van der Waals surface area contributed by atoms with Gasteiger partial charge in [0.2, 0.25) is 0 Å². The third-order valence-electron chi connectivity index (χ3n) is 5.45. The zero-order chi connectivity index (χ0) is 27.7. The predicted molar refractivity (Wildman–Crippen MR) is 127 cm³/mol. The van der Waals surface area contributed by atoms with Gasteiger partial charge in [-0.25, -0.2) is 18.7 Å². The molecule has 3 rings (SSSR count). The highest BCUT2D eigenvalue weighted by atomic mass is 32.1. The van der Waals surface area contributed by atoms with Crippen LogP contribution in [-0.2, 0) is 12.1 Å². The third-order valence-corrected chi connectivity index (χ3v) is 6.44. The number of carbonyl (C=O) groups is 2. The Labute approximate surface area is 213 Å². The molecule has 13 heteroatoms. The summed E-state index contributed by atoms with van der Waals surface area (Å²) in [6, 6.07) is 0.669. The van der Waals surface area contributed by atoms with Crippen molar-refractivity contribution in [3.8, 4) is 10.7 Å². The van der Waals surface area contributed by atoms with Crippen molar-refractivity contribution < 1.29 is 31.5 Å². The van der Waals surface area contributed by atoms with E-state index in [1.807, 2.05) is 6.92 Å². The number of amides is 2. The fraction of sp³-hybridized carbons (Fsp3) is 0.375. The van der Waals surface area contributed by atoms with Crippen LogP contribution < -0.4 is 5.32 Å². The predicted octanol–water partition coefficient (Wildman–Crippen LogP) is 5.62. The second kappa shape index (κ2) is 10.5. The number of alkyl halides is 5. The number of carbonyl (C=O) groups excluding carboxylic acids is 2. The first-order valence-electron chi connectivity index (χ1n) is 11.1. The molecular weight excluding hydrogens is 517 g/mol. The molecule has 1 unspecified atom stereocenters. The molecule has 198 valence electrons. The van der Waals surface area contributed by atoms with Crippen LogP contribution in [0.4, 0.5) is 22.0 Å². The number of nitrogens with zero attached hydrogens (tertiary/aromatic N) is 4. The van der Waals surface area contributed by atoms with E-state index in [1.165, 1.54) is 24.2 Å². The fourth-order valence-corrected chi connectivity index (χ4v) is 4.21. The number of rotatable bonds is 7. The summed E-state index contributed by atoms with van der Waals surface area (Å²) in [6.07, 6.45) is -2.09. The number of hydrogen-bond donors (Lipinski definition) is 1. The van der Waals surface area contributed by atoms with Crippen molar-refractivity contribution in [2.24, 2.45) is 0 Å². The zero-order valence-corrected chi connectivity index (χ0v) is 21.4. The molecule has 2 heterocycles. The Morgan fingerprint density at radius 1 is 1.08 bits per heavy atom. The number of nitrogens with one attached hydrogen (secondary N) is 1. The van der Waals surface area contributed by atoms with Crippen LogP contribution in [0.1, 0.15) is 69.4 Å². The Kier molecular flexibility index (Phi) is 7.96. The van der Waals surface area contributed by atoms with Crippen molar-refractivity contribution in [3.05, 3.63) is 63.5 Å². The van der Waals surface area contributed by atoms with Gasteiger partial charge in [0.25, 0.3) is 17.7 Å². The summed E-state index contributed by atoms with van der Waals surface area (Å²) >= 11 is 1.08. The Bertz CT molecular complexity index is 1290. The molecule has 1 atom stereocenters. The molecule has 2 amide bonds. The second-order valence-electron chi connectivity index (χ2n) is 8.47. The van der Waals surface area contributed by atoms with Gasteiger partial charge in [0.05, 0.1) is 29.2 Å². The Morgan fingerprint density at radius 2 is 1.73 bits per heavy atom. The summed E-state index contributed by atoms with van der Waals surface area (Å²) in [5.41, 5.74) is -1.83. The highest BCUT2D eigenvalue weighted by molar-refractivity contribution is 7.16. The van der Waals surface area contributed by atoms with Crippen LogP contribution in [0.3, 0.4) is 0 Å². The molecule has 0 saturated heterocycles. The van der Waals surface area contributed by atoms with E-state index in [1.54, 1.807) is 14.0 Å². The number of thiazole rings is 1. The SMILES string of the molecule is CCN(C)C(=O)c1cnc(-c2nc(C)cnc2C(C)NC(=O)c2cc(C(C)(F)F)cc(C(F)(F)F)c2)s1. The summed E-state index contributed by atoms with van der Waals surface area (Å²) < 4.78 is 67.6. The first kappa shape index (κ1) is 28.1. The summed E-state index contributed by atoms with van der Waals surface area (Å²) in [4.78, 5) is 40.2. The lowest BCUT2D eigenvalue weighted by molar-refractivity contribution is -0.137. The average Bonchev–Trinajstić information content (AvgIpc) is 3.31. The topological polar surface area (TPSA) is 88.1 Å². The van der Waals surface area contributed by atoms with Gasteiger partial charge in [-0.2, -0.15) is 13.2 Å². The molecule has 2 aromatic heterocycles. The molecule has 37 heavy (non-hydrogen) atoms. The molecule has 0 spiro atoms. The van der Waals surface area contributed by atoms with Gasteiger partial charge in [-0.3, -0.25) is 14.6 Å². The van der Waals surface area contributed by atoms with E-state index in [9.17, 15) is 31.5 Å². The summed E-state index contributed by atoms with van der Waals surface area (Å²) in [5, 5.41) is 2.86. The normalized spacial score (nSPS) is 12.8. The first-order valence-corrected chi connectivity index (χ1v) is 11.9. The molecule has 0 aliphatic rings. The van der Waals surface area contributed by atoms with E-state index >= 15 is 0 Å². The maximum atomic E-state index is 13.9. The summed E-state index contributed by atoms with van der Waals surface area (Å²) in [5.74, 6) is -4.83. The smallest absolute Gasteiger partial charge is 0.344 e. The number of hydrogen-bond acceptors (Lipinski definition) is 6. The highest BCUT2D eigenvalue weighted by Crippen LogP contribution is 2.36. The van der Waals surface area contributed by atoms with E-state index in [-0.39, 0.29) is 17.3 Å². The highest BCUT2D eigenvalue weighted by Gasteiger charge is 2.35. The van der Waals surface area contributed by atoms with E-state index in [4.69, 9.17) is 0 Å². The Hall–Kier alpha value is -3.48. The number of benzene rings is 1. The van der Waals surface area contributed by atoms with Gasteiger partial charge < -0.3 is 10.2 Å². The molecule has 0 radical (unpaired) electrons. The molecule has 0 saturated carbocycles. The molecule has 0 aliphatic heterocycles. The van der Waals surface area contributed by atoms with Gasteiger partial charge in [0.15, 0.2) is 0 Å². The molecule has 3 aromatic rings. The second-order valence-corrected chi connectivity index (χ2v) is 9.51. The third kappa shape index (κ3) is 6.45. The van der Waals surface area contributed by atoms with Crippen LogP contribution in [0.15, 0.2) is 30.6 Å². The van der Waals surface area contributed by atoms with Crippen LogP contribution in [0.2, 0.25) is 0 Å². The van der Waals surface area contributed by atoms with Gasteiger partial charge in [0.1, 0.15) is 15.6 Å². The monoisotopic (exact) mass is 541 g/mol. The van der Waals surface area contributed by atoms with Crippen LogP contribution in [0, 0.1) is 6.92 Å². The van der Waals surface area contributed by atoms with Gasteiger partial charge in [0, 0.05) is 37.8 Å². The quantitative estimate of drug-likeness (QED) is 0.392. The van der Waals surface area contributed by atoms with E-state index in [0.717, 1.165) is 17.4 Å². The average molecular weight is 542 g/mol. The minimum Gasteiger partial charge on any atom is -0.344 e. The maximum absolute atomic E-state index is 13.9. The molecule has 1 aromatic carbocycles. The lowest BCUT2D eigenvalue weighted by Crippen LogP contribution is -2.28. The lowest BCUT2D eigenvalue weighted by Gasteiger charge is -2.19. The molecule has 0 aliphatic carbocycles. The van der Waals surface area contributed by atoms with Crippen molar-refractivity contribution in [2.75, 3.05) is 13.6 Å². The fourth-order valence-electron chi connectivity index (χ4n) is 3.30. The largest absolute Gasteiger partial charge is 0.416 e. The Morgan fingerprint density at radius 3 is 2.32 bits per heavy atom. The minimum absolute atomic E-state index is 0.233. The van der Waals surface area contributed by atoms with Crippen molar-refractivity contribution >= 4 is 23.2 Å². The number of aromatic nitrogens is 3. The molecule has 1 N–H and O–H groups in total. The van der Waals surface area contributed by atoms with E-state index in [2.05, 4.69) is 20.3 Å². The number of aryl methyl sites for hydroxylation is 1.